The number of pyridine rings is 2. The van der Waals surface area contributed by atoms with Gasteiger partial charge >= 0.3 is 11.9 Å². The van der Waals surface area contributed by atoms with Crippen LogP contribution in [0.1, 0.15) is 32.1 Å². The molecule has 32 heavy (non-hydrogen) atoms. The maximum Gasteiger partial charge on any atom is 0.335 e. The Balaban J connectivity index is 1.75. The number of rotatable bonds is 5. The van der Waals surface area contributed by atoms with Crippen molar-refractivity contribution in [2.45, 2.75) is 13.8 Å². The van der Waals surface area contributed by atoms with Gasteiger partial charge in [-0.2, -0.15) is 0 Å². The Morgan fingerprint density at radius 1 is 0.562 bits per heavy atom. The minimum Gasteiger partial charge on any atom is -0.478 e. The summed E-state index contributed by atoms with van der Waals surface area (Å²) in [7, 11) is 0. The highest BCUT2D eigenvalue weighted by molar-refractivity contribution is 5.89. The molecule has 4 aromatic rings. The molecule has 0 amide bonds. The predicted octanol–water partition coefficient (Wildman–Crippen LogP) is 5.49. The fourth-order valence-corrected chi connectivity index (χ4v) is 3.54. The Bertz CT molecular complexity index is 1220. The topological polar surface area (TPSA) is 100 Å². The molecule has 0 atom stereocenters. The summed E-state index contributed by atoms with van der Waals surface area (Å²) in [5.74, 6) is -1.92. The highest BCUT2D eigenvalue weighted by Gasteiger charge is 2.11. The highest BCUT2D eigenvalue weighted by Crippen LogP contribution is 2.29. The summed E-state index contributed by atoms with van der Waals surface area (Å²) in [6.45, 7) is 3.81. The van der Waals surface area contributed by atoms with Gasteiger partial charge in [-0.05, 0) is 84.6 Å². The normalized spacial score (nSPS) is 10.7. The van der Waals surface area contributed by atoms with E-state index in [-0.39, 0.29) is 11.1 Å². The van der Waals surface area contributed by atoms with Crippen LogP contribution in [0.4, 0.5) is 0 Å². The largest absolute Gasteiger partial charge is 0.478 e. The molecule has 0 spiro atoms. The van der Waals surface area contributed by atoms with Gasteiger partial charge in [0.15, 0.2) is 0 Å². The zero-order valence-corrected chi connectivity index (χ0v) is 17.5. The van der Waals surface area contributed by atoms with Crippen LogP contribution in [0.5, 0.6) is 0 Å². The van der Waals surface area contributed by atoms with Crippen LogP contribution in [0.25, 0.3) is 33.6 Å². The molecule has 2 heterocycles. The minimum atomic E-state index is -0.962. The van der Waals surface area contributed by atoms with Crippen molar-refractivity contribution in [3.8, 4) is 33.6 Å². The third-order valence-electron chi connectivity index (χ3n) is 5.10. The summed E-state index contributed by atoms with van der Waals surface area (Å²) in [6, 6.07) is 21.2. The number of aryl methyl sites for hydroxylation is 2. The maximum atomic E-state index is 11.1. The predicted molar refractivity (Wildman–Crippen MR) is 122 cm³/mol. The van der Waals surface area contributed by atoms with E-state index in [1.807, 2.05) is 38.1 Å². The summed E-state index contributed by atoms with van der Waals surface area (Å²) in [5.41, 5.74) is 7.12. The Kier molecular flexibility index (Phi) is 5.52. The lowest BCUT2D eigenvalue weighted by Crippen LogP contribution is -1.97. The molecule has 0 saturated carbocycles. The fraction of sp³-hybridized carbons (Fsp3) is 0.0769. The zero-order chi connectivity index (χ0) is 22.8. The second kappa shape index (κ2) is 8.43. The number of carboxylic acid groups (broad SMARTS) is 2. The number of benzene rings is 2. The average molecular weight is 424 g/mol. The van der Waals surface area contributed by atoms with E-state index in [2.05, 4.69) is 9.97 Å². The van der Waals surface area contributed by atoms with Gasteiger partial charge in [0, 0.05) is 11.4 Å². The average Bonchev–Trinajstić information content (AvgIpc) is 2.78. The quantitative estimate of drug-likeness (QED) is 0.439. The molecule has 158 valence electrons. The van der Waals surface area contributed by atoms with Crippen LogP contribution in [0.15, 0.2) is 72.8 Å². The number of aromatic carboxylic acids is 2. The van der Waals surface area contributed by atoms with E-state index in [1.54, 1.807) is 48.5 Å². The fourth-order valence-electron chi connectivity index (χ4n) is 3.54. The molecule has 0 bridgehead atoms. The van der Waals surface area contributed by atoms with Crippen molar-refractivity contribution >= 4 is 11.9 Å². The van der Waals surface area contributed by atoms with Gasteiger partial charge in [0.05, 0.1) is 22.5 Å². The van der Waals surface area contributed by atoms with E-state index in [4.69, 9.17) is 10.2 Å². The summed E-state index contributed by atoms with van der Waals surface area (Å²) in [6.07, 6.45) is 0. The standard InChI is InChI=1S/C26H20N2O4/c1-15-11-21(17-3-7-19(8-4-17)25(29)30)13-23(27-15)24-14-22(12-16(2)28-24)18-5-9-20(10-6-18)26(31)32/h3-14H,1-2H3,(H,29,30)(H,31,32). The second-order valence-electron chi connectivity index (χ2n) is 7.53. The SMILES string of the molecule is Cc1cc(-c2ccc(C(=O)O)cc2)cc(-c2cc(-c3ccc(C(=O)O)cc3)cc(C)n2)n1. The minimum absolute atomic E-state index is 0.235. The number of aromatic nitrogens is 2. The maximum absolute atomic E-state index is 11.1. The summed E-state index contributed by atoms with van der Waals surface area (Å²) < 4.78 is 0. The van der Waals surface area contributed by atoms with Crippen LogP contribution in [0, 0.1) is 13.8 Å². The van der Waals surface area contributed by atoms with Gasteiger partial charge < -0.3 is 10.2 Å². The molecule has 0 unspecified atom stereocenters. The molecule has 0 saturated heterocycles. The van der Waals surface area contributed by atoms with Gasteiger partial charge in [-0.1, -0.05) is 24.3 Å². The Hall–Kier alpha value is -4.32. The molecular formula is C26H20N2O4. The molecule has 0 radical (unpaired) electrons. The Morgan fingerprint density at radius 3 is 1.22 bits per heavy atom. The monoisotopic (exact) mass is 424 g/mol. The van der Waals surface area contributed by atoms with E-state index in [1.165, 1.54) is 0 Å². The lowest BCUT2D eigenvalue weighted by molar-refractivity contribution is 0.0686. The van der Waals surface area contributed by atoms with E-state index < -0.39 is 11.9 Å². The number of hydrogen-bond acceptors (Lipinski definition) is 4. The van der Waals surface area contributed by atoms with Gasteiger partial charge in [-0.15, -0.1) is 0 Å². The van der Waals surface area contributed by atoms with Crippen molar-refractivity contribution in [2.75, 3.05) is 0 Å². The molecular weight excluding hydrogens is 404 g/mol. The van der Waals surface area contributed by atoms with Crippen LogP contribution in [0.2, 0.25) is 0 Å². The Labute approximate surface area is 184 Å². The number of carbonyl (C=O) groups is 2. The first-order valence-electron chi connectivity index (χ1n) is 9.95. The van der Waals surface area contributed by atoms with Gasteiger partial charge in [0.1, 0.15) is 0 Å². The molecule has 0 aliphatic rings. The molecule has 4 rings (SSSR count). The van der Waals surface area contributed by atoms with Crippen molar-refractivity contribution in [3.05, 3.63) is 95.3 Å². The van der Waals surface area contributed by atoms with Gasteiger partial charge in [0.2, 0.25) is 0 Å². The summed E-state index contributed by atoms with van der Waals surface area (Å²) in [4.78, 5) is 31.6. The van der Waals surface area contributed by atoms with Crippen molar-refractivity contribution in [1.29, 1.82) is 0 Å². The first-order chi connectivity index (χ1) is 15.3. The van der Waals surface area contributed by atoms with E-state index in [9.17, 15) is 9.59 Å². The molecule has 2 aromatic heterocycles. The Morgan fingerprint density at radius 2 is 0.906 bits per heavy atom. The highest BCUT2D eigenvalue weighted by atomic mass is 16.4. The van der Waals surface area contributed by atoms with Crippen molar-refractivity contribution in [2.24, 2.45) is 0 Å². The third-order valence-corrected chi connectivity index (χ3v) is 5.10. The zero-order valence-electron chi connectivity index (χ0n) is 17.5. The van der Waals surface area contributed by atoms with Crippen molar-refractivity contribution in [3.63, 3.8) is 0 Å². The molecule has 6 heteroatoms. The van der Waals surface area contributed by atoms with Crippen LogP contribution >= 0.6 is 0 Å². The molecule has 0 aliphatic carbocycles. The molecule has 0 fully saturated rings. The van der Waals surface area contributed by atoms with E-state index in [0.29, 0.717) is 11.4 Å². The summed E-state index contributed by atoms with van der Waals surface area (Å²) in [5, 5.41) is 18.2. The molecule has 0 aliphatic heterocycles. The van der Waals surface area contributed by atoms with Crippen LogP contribution in [0.3, 0.4) is 0 Å². The van der Waals surface area contributed by atoms with Crippen LogP contribution in [-0.2, 0) is 0 Å². The lowest BCUT2D eigenvalue weighted by Gasteiger charge is -2.10. The molecule has 2 N–H and O–H groups in total. The van der Waals surface area contributed by atoms with Gasteiger partial charge in [0.25, 0.3) is 0 Å². The van der Waals surface area contributed by atoms with Gasteiger partial charge in [-0.25, -0.2) is 9.59 Å². The number of nitrogens with zero attached hydrogens (tertiary/aromatic N) is 2. The number of carboxylic acids is 2. The van der Waals surface area contributed by atoms with Crippen molar-refractivity contribution < 1.29 is 19.8 Å². The van der Waals surface area contributed by atoms with Crippen LogP contribution < -0.4 is 0 Å². The van der Waals surface area contributed by atoms with Gasteiger partial charge in [-0.3, -0.25) is 9.97 Å². The van der Waals surface area contributed by atoms with Crippen LogP contribution in [-0.4, -0.2) is 32.1 Å². The molecule has 2 aromatic carbocycles. The molecule has 6 nitrogen and oxygen atoms in total. The van der Waals surface area contributed by atoms with E-state index >= 15 is 0 Å². The smallest absolute Gasteiger partial charge is 0.335 e. The number of hydrogen-bond donors (Lipinski definition) is 2. The first kappa shape index (κ1) is 20.9. The van der Waals surface area contributed by atoms with Crippen molar-refractivity contribution in [1.82, 2.24) is 9.97 Å². The third kappa shape index (κ3) is 4.39. The second-order valence-corrected chi connectivity index (χ2v) is 7.53. The lowest BCUT2D eigenvalue weighted by atomic mass is 10.00. The summed E-state index contributed by atoms with van der Waals surface area (Å²) >= 11 is 0. The first-order valence-corrected chi connectivity index (χ1v) is 9.95. The van der Waals surface area contributed by atoms with E-state index in [0.717, 1.165) is 33.6 Å².